The summed E-state index contributed by atoms with van der Waals surface area (Å²) in [5.74, 6) is 1.14. The third-order valence-corrected chi connectivity index (χ3v) is 5.66. The lowest BCUT2D eigenvalue weighted by atomic mass is 9.96. The first kappa shape index (κ1) is 22.2. The van der Waals surface area contributed by atoms with E-state index in [1.807, 2.05) is 20.0 Å². The van der Waals surface area contributed by atoms with Gasteiger partial charge < -0.3 is 24.6 Å². The third kappa shape index (κ3) is 4.34. The quantitative estimate of drug-likeness (QED) is 0.450. The molecule has 0 atom stereocenters. The molecule has 0 saturated carbocycles. The molecule has 0 unspecified atom stereocenters. The second-order valence-corrected chi connectivity index (χ2v) is 8.80. The Balaban J connectivity index is 1.40. The molecular formula is C24H22N8O3. The predicted octanol–water partition coefficient (Wildman–Crippen LogP) is 2.68. The fourth-order valence-corrected chi connectivity index (χ4v) is 3.88. The van der Waals surface area contributed by atoms with Gasteiger partial charge in [-0.05, 0) is 37.6 Å². The number of amides is 1. The summed E-state index contributed by atoms with van der Waals surface area (Å²) >= 11 is 0. The van der Waals surface area contributed by atoms with Crippen LogP contribution in [0.3, 0.4) is 0 Å². The third-order valence-electron chi connectivity index (χ3n) is 5.66. The molecule has 1 saturated heterocycles. The summed E-state index contributed by atoms with van der Waals surface area (Å²) in [6.45, 7) is 4.13. The molecule has 176 valence electrons. The van der Waals surface area contributed by atoms with E-state index in [2.05, 4.69) is 25.3 Å². The van der Waals surface area contributed by atoms with Crippen molar-refractivity contribution in [3.8, 4) is 17.7 Å². The van der Waals surface area contributed by atoms with Crippen LogP contribution in [0.2, 0.25) is 0 Å². The van der Waals surface area contributed by atoms with Gasteiger partial charge in [0.15, 0.2) is 11.4 Å². The van der Waals surface area contributed by atoms with Crippen LogP contribution in [0, 0.1) is 18.3 Å². The summed E-state index contributed by atoms with van der Waals surface area (Å²) in [7, 11) is 1.83. The van der Waals surface area contributed by atoms with E-state index in [0.29, 0.717) is 58.6 Å². The number of hydrogen-bond acceptors (Lipinski definition) is 9. The lowest BCUT2D eigenvalue weighted by Gasteiger charge is -2.44. The molecule has 0 radical (unpaired) electrons. The van der Waals surface area contributed by atoms with E-state index in [0.717, 1.165) is 5.56 Å². The van der Waals surface area contributed by atoms with Gasteiger partial charge in [-0.15, -0.1) is 0 Å². The van der Waals surface area contributed by atoms with Gasteiger partial charge in [0.1, 0.15) is 23.1 Å². The molecule has 1 aliphatic rings. The zero-order valence-electron chi connectivity index (χ0n) is 19.3. The van der Waals surface area contributed by atoms with E-state index in [4.69, 9.17) is 10.00 Å². The van der Waals surface area contributed by atoms with Crippen LogP contribution in [0.25, 0.3) is 11.2 Å². The van der Waals surface area contributed by atoms with Crippen molar-refractivity contribution in [2.45, 2.75) is 19.4 Å². The topological polar surface area (TPSA) is 142 Å². The molecule has 5 heterocycles. The van der Waals surface area contributed by atoms with Gasteiger partial charge in [-0.3, -0.25) is 4.79 Å². The number of carbonyl (C=O) groups excluding carboxylic acids is 1. The second kappa shape index (κ2) is 8.34. The minimum atomic E-state index is -0.827. The molecule has 11 heteroatoms. The Kier molecular flexibility index (Phi) is 5.30. The number of likely N-dealkylation sites (tertiary alicyclic amines) is 1. The first-order valence-electron chi connectivity index (χ1n) is 10.8. The number of anilines is 2. The monoisotopic (exact) mass is 470 g/mol. The number of fused-ring (bicyclic) bond motifs is 1. The molecule has 5 rings (SSSR count). The Morgan fingerprint density at radius 1 is 1.23 bits per heavy atom. The van der Waals surface area contributed by atoms with Crippen molar-refractivity contribution in [3.05, 3.63) is 59.8 Å². The highest BCUT2D eigenvalue weighted by Crippen LogP contribution is 2.31. The summed E-state index contributed by atoms with van der Waals surface area (Å²) in [5, 5.41) is 22.1. The van der Waals surface area contributed by atoms with Gasteiger partial charge in [-0.1, -0.05) is 0 Å². The standard InChI is InChI=1S/C24H22N8O3/c1-14-6-16(8-25)26-10-18(14)35-20-7-17(21-22(30-20)31(3)13-28-21)29-19-5-4-15(9-27-19)23(33)32-11-24(2,34)12-32/h4-7,9-10,13,34H,11-12H2,1-3H3,(H,27,29,30). The van der Waals surface area contributed by atoms with Crippen LogP contribution in [0.15, 0.2) is 43.0 Å². The number of aryl methyl sites for hydroxylation is 2. The highest BCUT2D eigenvalue weighted by Gasteiger charge is 2.39. The largest absolute Gasteiger partial charge is 0.437 e. The van der Waals surface area contributed by atoms with Crippen LogP contribution in [0.5, 0.6) is 11.6 Å². The van der Waals surface area contributed by atoms with E-state index in [1.54, 1.807) is 47.0 Å². The maximum Gasteiger partial charge on any atom is 0.255 e. The Labute approximate surface area is 200 Å². The number of aliphatic hydroxyl groups is 1. The second-order valence-electron chi connectivity index (χ2n) is 8.80. The summed E-state index contributed by atoms with van der Waals surface area (Å²) < 4.78 is 7.75. The number of pyridine rings is 3. The normalized spacial score (nSPS) is 14.3. The number of nitriles is 1. The average Bonchev–Trinajstić information content (AvgIpc) is 3.19. The van der Waals surface area contributed by atoms with Gasteiger partial charge in [0.25, 0.3) is 5.91 Å². The maximum atomic E-state index is 12.5. The molecule has 0 aromatic carbocycles. The number of β-amino-alcohol motifs (C(OH)–C–C–N with tert-alkyl or cyclic N) is 1. The number of rotatable bonds is 5. The van der Waals surface area contributed by atoms with E-state index in [9.17, 15) is 9.90 Å². The predicted molar refractivity (Wildman–Crippen MR) is 126 cm³/mol. The zero-order chi connectivity index (χ0) is 24.7. The van der Waals surface area contributed by atoms with E-state index < -0.39 is 5.60 Å². The summed E-state index contributed by atoms with van der Waals surface area (Å²) in [6, 6.07) is 8.74. The van der Waals surface area contributed by atoms with Crippen LogP contribution >= 0.6 is 0 Å². The minimum Gasteiger partial charge on any atom is -0.437 e. The summed E-state index contributed by atoms with van der Waals surface area (Å²) in [5.41, 5.74) is 2.52. The Morgan fingerprint density at radius 3 is 2.69 bits per heavy atom. The molecule has 2 N–H and O–H groups in total. The van der Waals surface area contributed by atoms with Crippen LogP contribution in [-0.4, -0.2) is 59.1 Å². The SMILES string of the molecule is Cc1cc(C#N)ncc1Oc1cc(Nc2ccc(C(=O)N3CC(C)(O)C3)cn2)c2ncn(C)c2n1. The lowest BCUT2D eigenvalue weighted by molar-refractivity contribution is -0.0668. The number of carbonyl (C=O) groups is 1. The summed E-state index contributed by atoms with van der Waals surface area (Å²) in [6.07, 6.45) is 4.64. The van der Waals surface area contributed by atoms with Gasteiger partial charge in [0, 0.05) is 19.3 Å². The van der Waals surface area contributed by atoms with Crippen molar-refractivity contribution in [3.63, 3.8) is 0 Å². The zero-order valence-corrected chi connectivity index (χ0v) is 19.3. The van der Waals surface area contributed by atoms with Crippen molar-refractivity contribution in [2.24, 2.45) is 7.05 Å². The molecule has 4 aromatic rings. The van der Waals surface area contributed by atoms with Gasteiger partial charge in [-0.25, -0.2) is 15.0 Å². The van der Waals surface area contributed by atoms with Gasteiger partial charge in [-0.2, -0.15) is 10.2 Å². The van der Waals surface area contributed by atoms with Gasteiger partial charge in [0.2, 0.25) is 5.88 Å². The number of nitrogens with one attached hydrogen (secondary N) is 1. The number of aromatic nitrogens is 5. The maximum absolute atomic E-state index is 12.5. The highest BCUT2D eigenvalue weighted by atomic mass is 16.5. The van der Waals surface area contributed by atoms with Crippen LogP contribution in [0.1, 0.15) is 28.5 Å². The van der Waals surface area contributed by atoms with E-state index >= 15 is 0 Å². The fourth-order valence-electron chi connectivity index (χ4n) is 3.88. The van der Waals surface area contributed by atoms with Crippen LogP contribution in [-0.2, 0) is 7.05 Å². The molecule has 4 aromatic heterocycles. The lowest BCUT2D eigenvalue weighted by Crippen LogP contribution is -2.61. The number of imidazole rings is 1. The van der Waals surface area contributed by atoms with Crippen LogP contribution < -0.4 is 10.1 Å². The Bertz CT molecular complexity index is 1480. The molecule has 0 spiro atoms. The van der Waals surface area contributed by atoms with Crippen LogP contribution in [0.4, 0.5) is 11.5 Å². The first-order valence-corrected chi connectivity index (χ1v) is 10.8. The van der Waals surface area contributed by atoms with Crippen molar-refractivity contribution >= 4 is 28.6 Å². The number of hydrogen-bond donors (Lipinski definition) is 2. The minimum absolute atomic E-state index is 0.173. The van der Waals surface area contributed by atoms with Gasteiger partial charge in [0.05, 0.1) is 42.5 Å². The van der Waals surface area contributed by atoms with Crippen molar-refractivity contribution in [1.29, 1.82) is 5.26 Å². The Hall–Kier alpha value is -4.56. The number of nitrogens with zero attached hydrogens (tertiary/aromatic N) is 7. The molecule has 35 heavy (non-hydrogen) atoms. The molecule has 11 nitrogen and oxygen atoms in total. The average molecular weight is 470 g/mol. The van der Waals surface area contributed by atoms with Crippen molar-refractivity contribution in [1.82, 2.24) is 29.4 Å². The number of ether oxygens (including phenoxy) is 1. The highest BCUT2D eigenvalue weighted by molar-refractivity contribution is 5.95. The molecule has 0 bridgehead atoms. The van der Waals surface area contributed by atoms with E-state index in [-0.39, 0.29) is 5.91 Å². The van der Waals surface area contributed by atoms with Gasteiger partial charge >= 0.3 is 0 Å². The Morgan fingerprint density at radius 2 is 2.03 bits per heavy atom. The smallest absolute Gasteiger partial charge is 0.255 e. The van der Waals surface area contributed by atoms with Crippen molar-refractivity contribution < 1.29 is 14.6 Å². The van der Waals surface area contributed by atoms with E-state index in [1.165, 1.54) is 12.4 Å². The fraction of sp³-hybridized carbons (Fsp3) is 0.250. The molecule has 1 aliphatic heterocycles. The summed E-state index contributed by atoms with van der Waals surface area (Å²) in [4.78, 5) is 31.5. The molecular weight excluding hydrogens is 448 g/mol. The molecule has 0 aliphatic carbocycles. The first-order chi connectivity index (χ1) is 16.7. The molecule has 1 fully saturated rings. The molecule has 1 amide bonds. The van der Waals surface area contributed by atoms with Crippen molar-refractivity contribution in [2.75, 3.05) is 18.4 Å².